The van der Waals surface area contributed by atoms with E-state index in [0.717, 1.165) is 18.6 Å². The Morgan fingerprint density at radius 1 is 1.31 bits per heavy atom. The number of nitrogens with zero attached hydrogens (tertiary/aromatic N) is 3. The van der Waals surface area contributed by atoms with Crippen LogP contribution in [0.4, 0.5) is 11.6 Å². The molecule has 0 spiro atoms. The van der Waals surface area contributed by atoms with Crippen molar-refractivity contribution in [1.29, 1.82) is 0 Å². The largest absolute Gasteiger partial charge is 0.497 e. The van der Waals surface area contributed by atoms with E-state index in [9.17, 15) is 4.79 Å². The standard InChI is InChI=1S/C19H24ClN7O2/c1-10(11-4-7-13(29-2)8-5-11)3-6-12-9-23-19(24-12)27-18(28)14-16(21)26-17(22)15(20)25-14/h4-5,7-8,10,12H,3,6,9H2,1-2H3,(H4,21,22,26)(H2,23,24,27,28). The molecule has 1 aromatic heterocycles. The summed E-state index contributed by atoms with van der Waals surface area (Å²) < 4.78 is 5.20. The van der Waals surface area contributed by atoms with Gasteiger partial charge in [-0.1, -0.05) is 30.7 Å². The summed E-state index contributed by atoms with van der Waals surface area (Å²) >= 11 is 5.81. The van der Waals surface area contributed by atoms with Gasteiger partial charge >= 0.3 is 5.91 Å². The number of guanidine groups is 1. The molecule has 6 N–H and O–H groups in total. The molecule has 1 amide bonds. The predicted molar refractivity (Wildman–Crippen MR) is 113 cm³/mol. The van der Waals surface area contributed by atoms with Crippen LogP contribution in [-0.2, 0) is 0 Å². The van der Waals surface area contributed by atoms with Gasteiger partial charge in [0.2, 0.25) is 0 Å². The number of halogens is 1. The molecule has 0 radical (unpaired) electrons. The van der Waals surface area contributed by atoms with E-state index in [-0.39, 0.29) is 28.5 Å². The number of ether oxygens (including phenoxy) is 1. The molecule has 3 rings (SSSR count). The molecule has 1 aliphatic heterocycles. The Balaban J connectivity index is 1.55. The molecular weight excluding hydrogens is 394 g/mol. The monoisotopic (exact) mass is 417 g/mol. The summed E-state index contributed by atoms with van der Waals surface area (Å²) in [6.45, 7) is 2.86. The number of methoxy groups -OCH3 is 1. The molecule has 0 aliphatic carbocycles. The Labute approximate surface area is 173 Å². The van der Waals surface area contributed by atoms with Crippen LogP contribution in [0.2, 0.25) is 5.15 Å². The lowest BCUT2D eigenvalue weighted by Gasteiger charge is -2.15. The minimum absolute atomic E-state index is 0.0310. The lowest BCUT2D eigenvalue weighted by atomic mass is 9.94. The van der Waals surface area contributed by atoms with Crippen molar-refractivity contribution >= 4 is 35.1 Å². The van der Waals surface area contributed by atoms with Crippen molar-refractivity contribution in [3.05, 3.63) is 40.7 Å². The van der Waals surface area contributed by atoms with Gasteiger partial charge in [0.05, 0.1) is 7.11 Å². The molecule has 2 atom stereocenters. The lowest BCUT2D eigenvalue weighted by molar-refractivity contribution is 0.0998. The average molecular weight is 418 g/mol. The minimum atomic E-state index is -0.640. The van der Waals surface area contributed by atoms with Crippen LogP contribution in [-0.4, -0.2) is 41.5 Å². The third kappa shape index (κ3) is 5.05. The molecule has 29 heavy (non-hydrogen) atoms. The van der Waals surface area contributed by atoms with Crippen LogP contribution in [0.3, 0.4) is 0 Å². The Morgan fingerprint density at radius 3 is 2.72 bits per heavy atom. The van der Waals surface area contributed by atoms with Crippen molar-refractivity contribution in [1.82, 2.24) is 20.6 Å². The van der Waals surface area contributed by atoms with E-state index >= 15 is 0 Å². The van der Waals surface area contributed by atoms with Gasteiger partial charge < -0.3 is 26.8 Å². The summed E-state index contributed by atoms with van der Waals surface area (Å²) in [7, 11) is 1.66. The normalized spacial score (nSPS) is 18.2. The smallest absolute Gasteiger partial charge is 0.302 e. The summed E-state index contributed by atoms with van der Waals surface area (Å²) in [6.07, 6.45) is 1.90. The molecule has 0 saturated carbocycles. The van der Waals surface area contributed by atoms with E-state index in [1.165, 1.54) is 5.56 Å². The number of anilines is 2. The first kappa shape index (κ1) is 20.7. The van der Waals surface area contributed by atoms with Gasteiger partial charge in [0.1, 0.15) is 5.75 Å². The van der Waals surface area contributed by atoms with Gasteiger partial charge in [-0.3, -0.25) is 4.79 Å². The number of benzene rings is 1. The fourth-order valence-corrected chi connectivity index (χ4v) is 3.19. The topological polar surface area (TPSA) is 141 Å². The number of rotatable bonds is 6. The van der Waals surface area contributed by atoms with Crippen LogP contribution in [0.15, 0.2) is 29.3 Å². The molecule has 2 heterocycles. The summed E-state index contributed by atoms with van der Waals surface area (Å²) in [5.41, 5.74) is 12.3. The highest BCUT2D eigenvalue weighted by Gasteiger charge is 2.22. The fraction of sp³-hybridized carbons (Fsp3) is 0.368. The van der Waals surface area contributed by atoms with Crippen LogP contribution in [0.1, 0.15) is 41.7 Å². The first-order valence-electron chi connectivity index (χ1n) is 9.23. The van der Waals surface area contributed by atoms with Crippen molar-refractivity contribution in [3.8, 4) is 5.75 Å². The van der Waals surface area contributed by atoms with Gasteiger partial charge in [-0.2, -0.15) is 4.99 Å². The van der Waals surface area contributed by atoms with E-state index in [1.807, 2.05) is 12.1 Å². The summed E-state index contributed by atoms with van der Waals surface area (Å²) in [6, 6.07) is 8.27. The van der Waals surface area contributed by atoms with Crippen LogP contribution >= 0.6 is 11.6 Å². The van der Waals surface area contributed by atoms with Crippen molar-refractivity contribution in [2.45, 2.75) is 31.7 Å². The second-order valence-electron chi connectivity index (χ2n) is 6.87. The third-order valence-corrected chi connectivity index (χ3v) is 5.09. The minimum Gasteiger partial charge on any atom is -0.497 e. The number of carbonyl (C=O) groups excluding carboxylic acids is 1. The molecule has 2 unspecified atom stereocenters. The first-order chi connectivity index (χ1) is 13.9. The van der Waals surface area contributed by atoms with E-state index < -0.39 is 5.91 Å². The number of nitrogens with two attached hydrogens (primary N) is 2. The van der Waals surface area contributed by atoms with Crippen LogP contribution in [0.5, 0.6) is 5.75 Å². The van der Waals surface area contributed by atoms with Crippen LogP contribution < -0.4 is 26.8 Å². The van der Waals surface area contributed by atoms with Crippen LogP contribution in [0.25, 0.3) is 0 Å². The second-order valence-corrected chi connectivity index (χ2v) is 7.23. The van der Waals surface area contributed by atoms with E-state index in [2.05, 4.69) is 44.7 Å². The zero-order chi connectivity index (χ0) is 21.0. The van der Waals surface area contributed by atoms with Gasteiger partial charge in [0.25, 0.3) is 0 Å². The molecule has 1 saturated heterocycles. The molecule has 2 aromatic rings. The molecule has 154 valence electrons. The number of aromatic nitrogens is 2. The molecule has 9 nitrogen and oxygen atoms in total. The maximum absolute atomic E-state index is 12.3. The highest BCUT2D eigenvalue weighted by Crippen LogP contribution is 2.24. The predicted octanol–water partition coefficient (Wildman–Crippen LogP) is 1.94. The number of nitrogen functional groups attached to an aromatic ring is 2. The number of hydrogen-bond donors (Lipinski definition) is 4. The number of amides is 1. The number of carbonyl (C=O) groups is 1. The summed E-state index contributed by atoms with van der Waals surface area (Å²) in [4.78, 5) is 24.0. The maximum Gasteiger partial charge on any atom is 0.302 e. The highest BCUT2D eigenvalue weighted by molar-refractivity contribution is 6.31. The SMILES string of the molecule is COc1ccc(C(C)CCC2CN/C(=N/C(=O)c3nc(Cl)c(N)nc3N)N2)cc1. The Bertz CT molecular complexity index is 918. The molecule has 1 aromatic carbocycles. The first-order valence-corrected chi connectivity index (χ1v) is 9.61. The summed E-state index contributed by atoms with van der Waals surface area (Å²) in [5, 5.41) is 6.22. The van der Waals surface area contributed by atoms with Crippen molar-refractivity contribution in [2.75, 3.05) is 25.1 Å². The lowest BCUT2D eigenvalue weighted by Crippen LogP contribution is -2.29. The zero-order valence-electron chi connectivity index (χ0n) is 16.3. The van der Waals surface area contributed by atoms with Gasteiger partial charge in [0.15, 0.2) is 28.4 Å². The molecule has 10 heteroatoms. The van der Waals surface area contributed by atoms with Gasteiger partial charge in [0, 0.05) is 12.6 Å². The maximum atomic E-state index is 12.3. The van der Waals surface area contributed by atoms with E-state index in [4.69, 9.17) is 27.8 Å². The molecule has 0 bridgehead atoms. The van der Waals surface area contributed by atoms with Gasteiger partial charge in [-0.15, -0.1) is 0 Å². The number of aliphatic imine (C=N–C) groups is 1. The molecule has 1 fully saturated rings. The van der Waals surface area contributed by atoms with Gasteiger partial charge in [-0.25, -0.2) is 9.97 Å². The number of nitrogens with one attached hydrogen (secondary N) is 2. The van der Waals surface area contributed by atoms with Gasteiger partial charge in [-0.05, 0) is 36.5 Å². The fourth-order valence-electron chi connectivity index (χ4n) is 3.07. The van der Waals surface area contributed by atoms with Crippen molar-refractivity contribution < 1.29 is 9.53 Å². The Hall–Kier alpha value is -3.07. The summed E-state index contributed by atoms with van der Waals surface area (Å²) in [5.74, 6) is 0.851. The van der Waals surface area contributed by atoms with E-state index in [1.54, 1.807) is 7.11 Å². The van der Waals surface area contributed by atoms with Crippen LogP contribution in [0, 0.1) is 0 Å². The third-order valence-electron chi connectivity index (χ3n) is 4.81. The number of hydrogen-bond acceptors (Lipinski definition) is 6. The van der Waals surface area contributed by atoms with Crippen molar-refractivity contribution in [2.24, 2.45) is 4.99 Å². The zero-order valence-corrected chi connectivity index (χ0v) is 17.0. The molecular formula is C19H24ClN7O2. The van der Waals surface area contributed by atoms with Crippen molar-refractivity contribution in [3.63, 3.8) is 0 Å². The Morgan fingerprint density at radius 2 is 2.03 bits per heavy atom. The highest BCUT2D eigenvalue weighted by atomic mass is 35.5. The van der Waals surface area contributed by atoms with E-state index in [0.29, 0.717) is 18.4 Å². The average Bonchev–Trinajstić information content (AvgIpc) is 3.16. The quantitative estimate of drug-likeness (QED) is 0.558. The Kier molecular flexibility index (Phi) is 6.38. The molecule has 1 aliphatic rings. The second kappa shape index (κ2) is 8.95.